The van der Waals surface area contributed by atoms with Crippen LogP contribution in [0.25, 0.3) is 11.0 Å². The Bertz CT molecular complexity index is 1110. The van der Waals surface area contributed by atoms with E-state index in [1.807, 2.05) is 6.92 Å². The Morgan fingerprint density at radius 2 is 1.83 bits per heavy atom. The third kappa shape index (κ3) is 4.43. The van der Waals surface area contributed by atoms with Crippen LogP contribution in [0.2, 0.25) is 0 Å². The van der Waals surface area contributed by atoms with Crippen LogP contribution in [-0.2, 0) is 16.1 Å². The number of hydrogen-bond donors (Lipinski definition) is 1. The van der Waals surface area contributed by atoms with Crippen molar-refractivity contribution in [1.82, 2.24) is 9.55 Å². The lowest BCUT2D eigenvalue weighted by Crippen LogP contribution is -2.36. The zero-order valence-electron chi connectivity index (χ0n) is 16.5. The number of carbonyl (C=O) groups is 2. The Morgan fingerprint density at radius 1 is 1.14 bits per heavy atom. The molecule has 1 heterocycles. The second-order valence-electron chi connectivity index (χ2n) is 6.40. The van der Waals surface area contributed by atoms with E-state index >= 15 is 0 Å². The van der Waals surface area contributed by atoms with E-state index in [1.54, 1.807) is 48.5 Å². The number of anilines is 2. The highest BCUT2D eigenvalue weighted by Crippen LogP contribution is 2.17. The summed E-state index contributed by atoms with van der Waals surface area (Å²) in [7, 11) is 1.48. The summed E-state index contributed by atoms with van der Waals surface area (Å²) in [6.45, 7) is 3.58. The number of hydrogen-bond acceptors (Lipinski definition) is 5. The van der Waals surface area contributed by atoms with Crippen LogP contribution < -0.4 is 20.5 Å². The number of nitrogens with one attached hydrogen (secondary N) is 1. The zero-order chi connectivity index (χ0) is 21.0. The first kappa shape index (κ1) is 20.1. The van der Waals surface area contributed by atoms with Gasteiger partial charge in [-0.15, -0.1) is 0 Å². The van der Waals surface area contributed by atoms with Crippen molar-refractivity contribution in [2.45, 2.75) is 20.4 Å². The number of aromatic nitrogens is 2. The fraction of sp³-hybridized carbons (Fsp3) is 0.238. The van der Waals surface area contributed by atoms with Crippen LogP contribution >= 0.6 is 0 Å². The average Bonchev–Trinajstić information content (AvgIpc) is 2.71. The van der Waals surface area contributed by atoms with E-state index in [0.717, 1.165) is 0 Å². The maximum Gasteiger partial charge on any atom is 0.294 e. The highest BCUT2D eigenvalue weighted by Gasteiger charge is 2.18. The minimum absolute atomic E-state index is 0.0231. The van der Waals surface area contributed by atoms with Gasteiger partial charge in [-0.25, -0.2) is 4.98 Å². The second kappa shape index (κ2) is 8.55. The molecule has 0 fully saturated rings. The van der Waals surface area contributed by atoms with Gasteiger partial charge in [-0.2, -0.15) is 0 Å². The van der Waals surface area contributed by atoms with Crippen LogP contribution in [0, 0.1) is 0 Å². The standard InChI is InChI=1S/C21H22N4O4/c1-4-29-16-11-9-15(10-12-16)22-19(27)13-25-18-8-6-5-7-17(18)23-20(21(25)28)24(3)14(2)26/h5-12H,4,13H2,1-3H3,(H,22,27). The Morgan fingerprint density at radius 3 is 2.48 bits per heavy atom. The van der Waals surface area contributed by atoms with Crippen LogP contribution in [0.15, 0.2) is 53.3 Å². The maximum absolute atomic E-state index is 12.9. The van der Waals surface area contributed by atoms with E-state index in [-0.39, 0.29) is 24.2 Å². The predicted molar refractivity (Wildman–Crippen MR) is 111 cm³/mol. The van der Waals surface area contributed by atoms with Gasteiger partial charge in [0.1, 0.15) is 12.3 Å². The van der Waals surface area contributed by atoms with E-state index in [0.29, 0.717) is 29.1 Å². The smallest absolute Gasteiger partial charge is 0.294 e. The van der Waals surface area contributed by atoms with Gasteiger partial charge in [-0.05, 0) is 43.3 Å². The van der Waals surface area contributed by atoms with E-state index < -0.39 is 5.56 Å². The van der Waals surface area contributed by atoms with Gasteiger partial charge < -0.3 is 10.1 Å². The second-order valence-corrected chi connectivity index (χ2v) is 6.40. The van der Waals surface area contributed by atoms with Crippen molar-refractivity contribution in [3.05, 3.63) is 58.9 Å². The van der Waals surface area contributed by atoms with Crippen LogP contribution in [0.4, 0.5) is 11.5 Å². The summed E-state index contributed by atoms with van der Waals surface area (Å²) in [5.74, 6) is -0.0110. The molecule has 0 saturated heterocycles. The molecule has 0 spiro atoms. The number of rotatable bonds is 6. The topological polar surface area (TPSA) is 93.5 Å². The summed E-state index contributed by atoms with van der Waals surface area (Å²) in [5, 5.41) is 2.77. The third-order valence-corrected chi connectivity index (χ3v) is 4.38. The molecule has 0 aliphatic carbocycles. The minimum atomic E-state index is -0.511. The summed E-state index contributed by atoms with van der Waals surface area (Å²) in [5.41, 5.74) is 1.11. The SMILES string of the molecule is CCOc1ccc(NC(=O)Cn2c(=O)c(N(C)C(C)=O)nc3ccccc32)cc1. The molecule has 2 amide bonds. The van der Waals surface area contributed by atoms with Gasteiger partial charge in [0.2, 0.25) is 17.6 Å². The molecule has 0 saturated carbocycles. The highest BCUT2D eigenvalue weighted by molar-refractivity contribution is 5.93. The number of amides is 2. The Balaban J connectivity index is 1.92. The first-order valence-corrected chi connectivity index (χ1v) is 9.17. The Hall–Kier alpha value is -3.68. The first-order chi connectivity index (χ1) is 13.9. The van der Waals surface area contributed by atoms with Gasteiger partial charge in [0.05, 0.1) is 17.6 Å². The van der Waals surface area contributed by atoms with Gasteiger partial charge in [0.25, 0.3) is 5.56 Å². The number of carbonyl (C=O) groups excluding carboxylic acids is 2. The van der Waals surface area contributed by atoms with Gasteiger partial charge in [-0.3, -0.25) is 23.9 Å². The average molecular weight is 394 g/mol. The van der Waals surface area contributed by atoms with Gasteiger partial charge in [-0.1, -0.05) is 12.1 Å². The van der Waals surface area contributed by atoms with Gasteiger partial charge >= 0.3 is 0 Å². The van der Waals surface area contributed by atoms with E-state index in [1.165, 1.54) is 23.4 Å². The molecule has 2 aromatic carbocycles. The number of ether oxygens (including phenoxy) is 1. The summed E-state index contributed by atoms with van der Waals surface area (Å²) in [4.78, 5) is 42.8. The van der Waals surface area contributed by atoms with Crippen LogP contribution in [0.5, 0.6) is 5.75 Å². The fourth-order valence-corrected chi connectivity index (χ4v) is 2.85. The van der Waals surface area contributed by atoms with Crippen LogP contribution in [0.1, 0.15) is 13.8 Å². The molecule has 8 heteroatoms. The molecule has 0 bridgehead atoms. The quantitative estimate of drug-likeness (QED) is 0.693. The van der Waals surface area contributed by atoms with Gasteiger partial charge in [0, 0.05) is 19.7 Å². The summed E-state index contributed by atoms with van der Waals surface area (Å²) in [6, 6.07) is 14.0. The maximum atomic E-state index is 12.9. The lowest BCUT2D eigenvalue weighted by atomic mass is 10.2. The molecule has 3 aromatic rings. The van der Waals surface area contributed by atoms with Crippen molar-refractivity contribution in [1.29, 1.82) is 0 Å². The molecule has 1 N–H and O–H groups in total. The number of benzene rings is 2. The van der Waals surface area contributed by atoms with Crippen molar-refractivity contribution in [3.63, 3.8) is 0 Å². The molecule has 0 radical (unpaired) electrons. The van der Waals surface area contributed by atoms with Crippen LogP contribution in [0.3, 0.4) is 0 Å². The Labute approximate surface area is 167 Å². The monoisotopic (exact) mass is 394 g/mol. The molecule has 0 atom stereocenters. The zero-order valence-corrected chi connectivity index (χ0v) is 16.5. The fourth-order valence-electron chi connectivity index (χ4n) is 2.85. The molecule has 29 heavy (non-hydrogen) atoms. The molecule has 0 aliphatic heterocycles. The minimum Gasteiger partial charge on any atom is -0.494 e. The van der Waals surface area contributed by atoms with Crippen molar-refractivity contribution in [2.24, 2.45) is 0 Å². The predicted octanol–water partition coefficient (Wildman–Crippen LogP) is 2.42. The van der Waals surface area contributed by atoms with Crippen molar-refractivity contribution < 1.29 is 14.3 Å². The normalized spacial score (nSPS) is 10.6. The molecular formula is C21H22N4O4. The first-order valence-electron chi connectivity index (χ1n) is 9.17. The number of nitrogens with zero attached hydrogens (tertiary/aromatic N) is 3. The lowest BCUT2D eigenvalue weighted by molar-refractivity contribution is -0.117. The molecule has 0 unspecified atom stereocenters. The van der Waals surface area contributed by atoms with Gasteiger partial charge in [0.15, 0.2) is 0 Å². The summed E-state index contributed by atoms with van der Waals surface area (Å²) >= 11 is 0. The molecule has 8 nitrogen and oxygen atoms in total. The number of para-hydroxylation sites is 2. The number of fused-ring (bicyclic) bond motifs is 1. The molecule has 1 aromatic heterocycles. The molecule has 3 rings (SSSR count). The molecule has 0 aliphatic rings. The molecule has 150 valence electrons. The van der Waals surface area contributed by atoms with Crippen molar-refractivity contribution in [2.75, 3.05) is 23.9 Å². The van der Waals surface area contributed by atoms with E-state index in [2.05, 4.69) is 10.3 Å². The van der Waals surface area contributed by atoms with E-state index in [4.69, 9.17) is 4.74 Å². The summed E-state index contributed by atoms with van der Waals surface area (Å²) < 4.78 is 6.70. The molecular weight excluding hydrogens is 372 g/mol. The summed E-state index contributed by atoms with van der Waals surface area (Å²) in [6.07, 6.45) is 0. The third-order valence-electron chi connectivity index (χ3n) is 4.38. The van der Waals surface area contributed by atoms with Crippen LogP contribution in [-0.4, -0.2) is 35.0 Å². The van der Waals surface area contributed by atoms with Crippen molar-refractivity contribution >= 4 is 34.4 Å². The highest BCUT2D eigenvalue weighted by atomic mass is 16.5. The lowest BCUT2D eigenvalue weighted by Gasteiger charge is -2.17. The van der Waals surface area contributed by atoms with Crippen molar-refractivity contribution in [3.8, 4) is 5.75 Å². The largest absolute Gasteiger partial charge is 0.494 e. The van der Waals surface area contributed by atoms with E-state index in [9.17, 15) is 14.4 Å². The Kier molecular flexibility index (Phi) is 5.92.